The SMILES string of the molecule is CNC(=O)c1ccccc1C[C@@H](O)[C@@H]1Cc2ccccc2CN1. The highest BCUT2D eigenvalue weighted by Gasteiger charge is 2.25. The second kappa shape index (κ2) is 6.94. The summed E-state index contributed by atoms with van der Waals surface area (Å²) in [7, 11) is 1.62. The molecule has 23 heavy (non-hydrogen) atoms. The smallest absolute Gasteiger partial charge is 0.251 e. The fourth-order valence-electron chi connectivity index (χ4n) is 3.17. The van der Waals surface area contributed by atoms with Crippen LogP contribution < -0.4 is 10.6 Å². The first kappa shape index (κ1) is 15.7. The molecule has 0 saturated heterocycles. The number of amides is 1. The Labute approximate surface area is 136 Å². The number of benzene rings is 2. The molecule has 1 aliphatic rings. The highest BCUT2D eigenvalue weighted by molar-refractivity contribution is 5.95. The number of aliphatic hydroxyl groups is 1. The lowest BCUT2D eigenvalue weighted by Gasteiger charge is -2.30. The van der Waals surface area contributed by atoms with Crippen LogP contribution in [0.3, 0.4) is 0 Å². The average Bonchev–Trinajstić information content (AvgIpc) is 2.61. The summed E-state index contributed by atoms with van der Waals surface area (Å²) in [5.41, 5.74) is 4.09. The number of carbonyl (C=O) groups excluding carboxylic acids is 1. The number of aliphatic hydroxyl groups excluding tert-OH is 1. The lowest BCUT2D eigenvalue weighted by atomic mass is 9.89. The highest BCUT2D eigenvalue weighted by Crippen LogP contribution is 2.20. The fraction of sp³-hybridized carbons (Fsp3) is 0.316. The molecule has 0 fully saturated rings. The first-order valence-corrected chi connectivity index (χ1v) is 7.97. The minimum absolute atomic E-state index is 0.00245. The first-order valence-electron chi connectivity index (χ1n) is 7.97. The molecule has 0 aliphatic carbocycles. The lowest BCUT2D eigenvalue weighted by molar-refractivity contribution is 0.0958. The molecule has 2 aromatic carbocycles. The number of carbonyl (C=O) groups is 1. The van der Waals surface area contributed by atoms with Gasteiger partial charge in [-0.2, -0.15) is 0 Å². The van der Waals surface area contributed by atoms with Crippen molar-refractivity contribution in [2.75, 3.05) is 7.05 Å². The maximum atomic E-state index is 11.9. The summed E-state index contributed by atoms with van der Waals surface area (Å²) in [6, 6.07) is 15.8. The van der Waals surface area contributed by atoms with E-state index in [9.17, 15) is 9.90 Å². The Bertz CT molecular complexity index is 699. The van der Waals surface area contributed by atoms with Crippen LogP contribution in [-0.2, 0) is 19.4 Å². The molecule has 0 spiro atoms. The van der Waals surface area contributed by atoms with Crippen LogP contribution >= 0.6 is 0 Å². The molecule has 0 radical (unpaired) electrons. The van der Waals surface area contributed by atoms with Gasteiger partial charge in [0.05, 0.1) is 6.10 Å². The zero-order chi connectivity index (χ0) is 16.2. The molecule has 0 bridgehead atoms. The normalized spacial score (nSPS) is 18.1. The van der Waals surface area contributed by atoms with Crippen molar-refractivity contribution < 1.29 is 9.90 Å². The summed E-state index contributed by atoms with van der Waals surface area (Å²) in [6.45, 7) is 0.773. The molecule has 3 rings (SSSR count). The van der Waals surface area contributed by atoms with Crippen LogP contribution in [-0.4, -0.2) is 30.2 Å². The molecule has 0 saturated carbocycles. The monoisotopic (exact) mass is 310 g/mol. The summed E-state index contributed by atoms with van der Waals surface area (Å²) < 4.78 is 0. The van der Waals surface area contributed by atoms with Crippen molar-refractivity contribution >= 4 is 5.91 Å². The van der Waals surface area contributed by atoms with Crippen molar-refractivity contribution in [2.24, 2.45) is 0 Å². The molecule has 120 valence electrons. The second-order valence-corrected chi connectivity index (χ2v) is 5.97. The zero-order valence-corrected chi connectivity index (χ0v) is 13.3. The standard InChI is InChI=1S/C19H22N2O2/c1-20-19(23)16-9-5-4-7-14(16)11-18(22)17-10-13-6-2-3-8-15(13)12-21-17/h2-9,17-18,21-22H,10-12H2,1H3,(H,20,23)/t17-,18+/m0/s1. The van der Waals surface area contributed by atoms with Gasteiger partial charge in [-0.1, -0.05) is 42.5 Å². The Morgan fingerprint density at radius 3 is 2.70 bits per heavy atom. The van der Waals surface area contributed by atoms with Crippen LogP contribution in [0.15, 0.2) is 48.5 Å². The third kappa shape index (κ3) is 3.44. The van der Waals surface area contributed by atoms with Gasteiger partial charge in [-0.05, 0) is 29.2 Å². The molecule has 0 aromatic heterocycles. The molecular weight excluding hydrogens is 288 g/mol. The fourth-order valence-corrected chi connectivity index (χ4v) is 3.17. The first-order chi connectivity index (χ1) is 11.2. The molecule has 4 heteroatoms. The van der Waals surface area contributed by atoms with Crippen LogP contribution in [0.2, 0.25) is 0 Å². The Kier molecular flexibility index (Phi) is 4.74. The van der Waals surface area contributed by atoms with Gasteiger partial charge in [0.25, 0.3) is 5.91 Å². The van der Waals surface area contributed by atoms with Crippen molar-refractivity contribution in [2.45, 2.75) is 31.5 Å². The molecule has 4 nitrogen and oxygen atoms in total. The number of nitrogens with one attached hydrogen (secondary N) is 2. The predicted octanol–water partition coefficient (Wildman–Crippen LogP) is 1.66. The van der Waals surface area contributed by atoms with Crippen LogP contribution in [0.4, 0.5) is 0 Å². The van der Waals surface area contributed by atoms with Crippen molar-refractivity contribution in [1.82, 2.24) is 10.6 Å². The van der Waals surface area contributed by atoms with Crippen molar-refractivity contribution in [3.63, 3.8) is 0 Å². The number of fused-ring (bicyclic) bond motifs is 1. The highest BCUT2D eigenvalue weighted by atomic mass is 16.3. The van der Waals surface area contributed by atoms with Crippen molar-refractivity contribution in [3.8, 4) is 0 Å². The van der Waals surface area contributed by atoms with E-state index >= 15 is 0 Å². The molecule has 1 aliphatic heterocycles. The molecule has 0 unspecified atom stereocenters. The van der Waals surface area contributed by atoms with E-state index in [4.69, 9.17) is 0 Å². The van der Waals surface area contributed by atoms with E-state index in [0.717, 1.165) is 18.5 Å². The Morgan fingerprint density at radius 1 is 1.22 bits per heavy atom. The zero-order valence-electron chi connectivity index (χ0n) is 13.3. The summed E-state index contributed by atoms with van der Waals surface area (Å²) >= 11 is 0. The minimum Gasteiger partial charge on any atom is -0.391 e. The number of hydrogen-bond donors (Lipinski definition) is 3. The van der Waals surface area contributed by atoms with Crippen molar-refractivity contribution in [1.29, 1.82) is 0 Å². The number of rotatable bonds is 4. The van der Waals surface area contributed by atoms with Crippen LogP contribution in [0.1, 0.15) is 27.0 Å². The maximum Gasteiger partial charge on any atom is 0.251 e. The summed E-state index contributed by atoms with van der Waals surface area (Å²) in [4.78, 5) is 11.9. The lowest BCUT2D eigenvalue weighted by Crippen LogP contribution is -2.45. The molecule has 2 atom stereocenters. The molecule has 3 N–H and O–H groups in total. The molecule has 1 heterocycles. The van der Waals surface area contributed by atoms with Gasteiger partial charge >= 0.3 is 0 Å². The third-order valence-electron chi connectivity index (χ3n) is 4.50. The second-order valence-electron chi connectivity index (χ2n) is 5.97. The summed E-state index contributed by atoms with van der Waals surface area (Å²) in [5, 5.41) is 16.7. The van der Waals surface area contributed by atoms with Gasteiger partial charge in [0, 0.05) is 31.6 Å². The van der Waals surface area contributed by atoms with Gasteiger partial charge < -0.3 is 15.7 Å². The van der Waals surface area contributed by atoms with Crippen molar-refractivity contribution in [3.05, 3.63) is 70.8 Å². The Morgan fingerprint density at radius 2 is 1.91 bits per heavy atom. The minimum atomic E-state index is -0.533. The average molecular weight is 310 g/mol. The number of hydrogen-bond acceptors (Lipinski definition) is 3. The van der Waals surface area contributed by atoms with Crippen LogP contribution in [0.5, 0.6) is 0 Å². The predicted molar refractivity (Wildman–Crippen MR) is 90.3 cm³/mol. The molecule has 1 amide bonds. The third-order valence-corrected chi connectivity index (χ3v) is 4.50. The van der Waals surface area contributed by atoms with E-state index in [1.54, 1.807) is 13.1 Å². The maximum absolute atomic E-state index is 11.9. The van der Waals surface area contributed by atoms with Gasteiger partial charge in [-0.15, -0.1) is 0 Å². The molecule has 2 aromatic rings. The quantitative estimate of drug-likeness (QED) is 0.805. The van der Waals surface area contributed by atoms with E-state index < -0.39 is 6.10 Å². The van der Waals surface area contributed by atoms with E-state index in [2.05, 4.69) is 22.8 Å². The largest absolute Gasteiger partial charge is 0.391 e. The van der Waals surface area contributed by atoms with E-state index in [0.29, 0.717) is 12.0 Å². The van der Waals surface area contributed by atoms with Crippen LogP contribution in [0.25, 0.3) is 0 Å². The summed E-state index contributed by atoms with van der Waals surface area (Å²) in [5.74, 6) is -0.116. The van der Waals surface area contributed by atoms with Gasteiger partial charge in [0.15, 0.2) is 0 Å². The topological polar surface area (TPSA) is 61.4 Å². The van der Waals surface area contributed by atoms with Gasteiger partial charge in [-0.25, -0.2) is 0 Å². The van der Waals surface area contributed by atoms with E-state index in [1.807, 2.05) is 30.3 Å². The Balaban J connectivity index is 1.73. The van der Waals surface area contributed by atoms with Crippen LogP contribution in [0, 0.1) is 0 Å². The van der Waals surface area contributed by atoms with E-state index in [-0.39, 0.29) is 11.9 Å². The molecular formula is C19H22N2O2. The van der Waals surface area contributed by atoms with E-state index in [1.165, 1.54) is 11.1 Å². The summed E-state index contributed by atoms with van der Waals surface area (Å²) in [6.07, 6.45) is 0.734. The van der Waals surface area contributed by atoms with Gasteiger partial charge in [0.2, 0.25) is 0 Å². The van der Waals surface area contributed by atoms with Gasteiger partial charge in [0.1, 0.15) is 0 Å². The Hall–Kier alpha value is -2.17. The van der Waals surface area contributed by atoms with Gasteiger partial charge in [-0.3, -0.25) is 4.79 Å².